The van der Waals surface area contributed by atoms with Gasteiger partial charge in [-0.25, -0.2) is 9.97 Å². The number of carbonyl (C=O) groups excluding carboxylic acids is 1. The fraction of sp³-hybridized carbons (Fsp3) is 0.267. The number of aromatic nitrogens is 2. The van der Waals surface area contributed by atoms with E-state index < -0.39 is 0 Å². The molecule has 0 spiro atoms. The topological polar surface area (TPSA) is 55.3 Å². The van der Waals surface area contributed by atoms with Gasteiger partial charge in [-0.1, -0.05) is 0 Å². The van der Waals surface area contributed by atoms with Gasteiger partial charge in [0.05, 0.1) is 18.1 Å². The summed E-state index contributed by atoms with van der Waals surface area (Å²) in [7, 11) is 0. The predicted molar refractivity (Wildman–Crippen MR) is 87.5 cm³/mol. The van der Waals surface area contributed by atoms with Crippen LogP contribution in [0.2, 0.25) is 0 Å². The third-order valence-electron chi connectivity index (χ3n) is 3.54. The highest BCUT2D eigenvalue weighted by Gasteiger charge is 2.20. The van der Waals surface area contributed by atoms with Gasteiger partial charge in [-0.05, 0) is 18.2 Å². The van der Waals surface area contributed by atoms with Crippen LogP contribution in [-0.4, -0.2) is 47.1 Å². The van der Waals surface area contributed by atoms with Gasteiger partial charge in [0.1, 0.15) is 15.5 Å². The van der Waals surface area contributed by atoms with Crippen LogP contribution in [0, 0.1) is 0 Å². The Morgan fingerprint density at radius 2 is 2.14 bits per heavy atom. The first-order chi connectivity index (χ1) is 10.8. The molecule has 0 bridgehead atoms. The van der Waals surface area contributed by atoms with Crippen LogP contribution in [0.25, 0.3) is 20.9 Å². The van der Waals surface area contributed by atoms with Crippen molar-refractivity contribution in [3.63, 3.8) is 0 Å². The maximum absolute atomic E-state index is 12.5. The summed E-state index contributed by atoms with van der Waals surface area (Å²) >= 11 is 3.01. The maximum atomic E-state index is 12.5. The number of rotatable bonds is 2. The Morgan fingerprint density at radius 1 is 1.27 bits per heavy atom. The largest absolute Gasteiger partial charge is 0.378 e. The van der Waals surface area contributed by atoms with E-state index in [1.54, 1.807) is 17.5 Å². The molecule has 1 amide bonds. The number of fused-ring (bicyclic) bond motifs is 1. The minimum atomic E-state index is 0.0714. The molecule has 1 fully saturated rings. The van der Waals surface area contributed by atoms with Crippen LogP contribution in [0.1, 0.15) is 9.67 Å². The molecule has 1 saturated heterocycles. The lowest BCUT2D eigenvalue weighted by Crippen LogP contribution is -2.40. The van der Waals surface area contributed by atoms with E-state index in [1.165, 1.54) is 11.3 Å². The number of thiophene rings is 1. The van der Waals surface area contributed by atoms with Crippen molar-refractivity contribution in [2.24, 2.45) is 0 Å². The van der Waals surface area contributed by atoms with E-state index in [0.29, 0.717) is 26.3 Å². The normalized spacial score (nSPS) is 15.4. The average Bonchev–Trinajstić information content (AvgIpc) is 3.23. The molecule has 3 aromatic rings. The summed E-state index contributed by atoms with van der Waals surface area (Å²) in [5, 5.41) is 3.83. The lowest BCUT2D eigenvalue weighted by molar-refractivity contribution is 0.0306. The van der Waals surface area contributed by atoms with Crippen LogP contribution in [0.5, 0.6) is 0 Å². The molecule has 1 aliphatic rings. The summed E-state index contributed by atoms with van der Waals surface area (Å²) in [5.41, 5.74) is 0.856. The molecule has 0 N–H and O–H groups in total. The van der Waals surface area contributed by atoms with Gasteiger partial charge >= 0.3 is 0 Å². The SMILES string of the molecule is O=C(c1cc2ccc(-c3nccs3)nc2s1)N1CCOCC1. The number of morpholine rings is 1. The van der Waals surface area contributed by atoms with Gasteiger partial charge in [-0.15, -0.1) is 22.7 Å². The molecule has 7 heteroatoms. The standard InChI is InChI=1S/C15H13N3O2S2/c19-15(18-4-6-20-7-5-18)12-9-10-1-2-11(17-13(10)22-12)14-16-3-8-21-14/h1-3,8-9H,4-7H2. The number of hydrogen-bond donors (Lipinski definition) is 0. The minimum absolute atomic E-state index is 0.0714. The molecule has 4 heterocycles. The second-order valence-electron chi connectivity index (χ2n) is 4.94. The molecule has 3 aromatic heterocycles. The second-order valence-corrected chi connectivity index (χ2v) is 6.87. The van der Waals surface area contributed by atoms with Gasteiger partial charge < -0.3 is 9.64 Å². The van der Waals surface area contributed by atoms with Crippen LogP contribution >= 0.6 is 22.7 Å². The molecule has 112 valence electrons. The lowest BCUT2D eigenvalue weighted by Gasteiger charge is -2.26. The molecule has 0 aromatic carbocycles. The van der Waals surface area contributed by atoms with E-state index in [9.17, 15) is 4.79 Å². The second kappa shape index (κ2) is 5.75. The van der Waals surface area contributed by atoms with E-state index in [1.807, 2.05) is 28.5 Å². The van der Waals surface area contributed by atoms with E-state index >= 15 is 0 Å². The summed E-state index contributed by atoms with van der Waals surface area (Å²) in [5.74, 6) is 0.0714. The summed E-state index contributed by atoms with van der Waals surface area (Å²) in [6.07, 6.45) is 1.77. The maximum Gasteiger partial charge on any atom is 0.264 e. The number of hydrogen-bond acceptors (Lipinski definition) is 6. The predicted octanol–water partition coefficient (Wildman–Crippen LogP) is 2.89. The van der Waals surface area contributed by atoms with Gasteiger partial charge in [0, 0.05) is 30.1 Å². The fourth-order valence-corrected chi connectivity index (χ4v) is 4.02. The average molecular weight is 331 g/mol. The molecule has 0 saturated carbocycles. The summed E-state index contributed by atoms with van der Waals surface area (Å²) in [4.78, 5) is 24.9. The third kappa shape index (κ3) is 2.51. The van der Waals surface area contributed by atoms with Crippen molar-refractivity contribution in [3.8, 4) is 10.7 Å². The Balaban J connectivity index is 1.67. The first-order valence-electron chi connectivity index (χ1n) is 6.99. The molecule has 0 unspecified atom stereocenters. The lowest BCUT2D eigenvalue weighted by atomic mass is 10.2. The number of ether oxygens (including phenoxy) is 1. The number of pyridine rings is 1. The van der Waals surface area contributed by atoms with Gasteiger partial charge in [-0.2, -0.15) is 0 Å². The zero-order valence-electron chi connectivity index (χ0n) is 11.7. The highest BCUT2D eigenvalue weighted by Crippen LogP contribution is 2.29. The third-order valence-corrected chi connectivity index (χ3v) is 5.37. The van der Waals surface area contributed by atoms with Crippen LogP contribution < -0.4 is 0 Å². The first-order valence-corrected chi connectivity index (χ1v) is 8.68. The van der Waals surface area contributed by atoms with Gasteiger partial charge in [0.2, 0.25) is 0 Å². The van der Waals surface area contributed by atoms with Crippen molar-refractivity contribution in [2.45, 2.75) is 0 Å². The summed E-state index contributed by atoms with van der Waals surface area (Å²) < 4.78 is 5.29. The van der Waals surface area contributed by atoms with Gasteiger partial charge in [0.25, 0.3) is 5.91 Å². The first kappa shape index (κ1) is 13.8. The quantitative estimate of drug-likeness (QED) is 0.724. The molecular weight excluding hydrogens is 318 g/mol. The minimum Gasteiger partial charge on any atom is -0.378 e. The Morgan fingerprint density at radius 3 is 2.91 bits per heavy atom. The Bertz CT molecular complexity index is 807. The highest BCUT2D eigenvalue weighted by atomic mass is 32.1. The van der Waals surface area contributed by atoms with E-state index in [4.69, 9.17) is 4.74 Å². The number of carbonyl (C=O) groups is 1. The van der Waals surface area contributed by atoms with Crippen molar-refractivity contribution >= 4 is 38.8 Å². The molecular formula is C15H13N3O2S2. The van der Waals surface area contributed by atoms with Gasteiger partial charge in [-0.3, -0.25) is 4.79 Å². The van der Waals surface area contributed by atoms with Crippen molar-refractivity contribution in [1.29, 1.82) is 0 Å². The van der Waals surface area contributed by atoms with Crippen molar-refractivity contribution in [3.05, 3.63) is 34.7 Å². The number of amides is 1. The highest BCUT2D eigenvalue weighted by molar-refractivity contribution is 7.20. The smallest absolute Gasteiger partial charge is 0.264 e. The van der Waals surface area contributed by atoms with Crippen molar-refractivity contribution in [2.75, 3.05) is 26.3 Å². The molecule has 0 aliphatic carbocycles. The van der Waals surface area contributed by atoms with E-state index in [2.05, 4.69) is 9.97 Å². The molecule has 4 rings (SSSR count). The van der Waals surface area contributed by atoms with E-state index in [0.717, 1.165) is 25.8 Å². The molecule has 22 heavy (non-hydrogen) atoms. The Labute approximate surface area is 135 Å². The Hall–Kier alpha value is -1.83. The van der Waals surface area contributed by atoms with Crippen LogP contribution in [-0.2, 0) is 4.74 Å². The number of nitrogens with zero attached hydrogens (tertiary/aromatic N) is 3. The summed E-state index contributed by atoms with van der Waals surface area (Å²) in [6.45, 7) is 2.54. The van der Waals surface area contributed by atoms with Crippen LogP contribution in [0.15, 0.2) is 29.8 Å². The monoisotopic (exact) mass is 331 g/mol. The zero-order valence-corrected chi connectivity index (χ0v) is 13.3. The van der Waals surface area contributed by atoms with Crippen molar-refractivity contribution in [1.82, 2.24) is 14.9 Å². The number of thiazole rings is 1. The fourth-order valence-electron chi connectivity index (χ4n) is 2.41. The van der Waals surface area contributed by atoms with Crippen molar-refractivity contribution < 1.29 is 9.53 Å². The molecule has 0 radical (unpaired) electrons. The van der Waals surface area contributed by atoms with Crippen LogP contribution in [0.4, 0.5) is 0 Å². The van der Waals surface area contributed by atoms with Crippen LogP contribution in [0.3, 0.4) is 0 Å². The molecule has 1 aliphatic heterocycles. The van der Waals surface area contributed by atoms with Gasteiger partial charge in [0.15, 0.2) is 0 Å². The zero-order chi connectivity index (χ0) is 14.9. The summed E-state index contributed by atoms with van der Waals surface area (Å²) in [6, 6.07) is 5.89. The van der Waals surface area contributed by atoms with E-state index in [-0.39, 0.29) is 5.91 Å². The molecule has 5 nitrogen and oxygen atoms in total. The Kier molecular flexibility index (Phi) is 3.61. The molecule has 0 atom stereocenters.